The third-order valence-corrected chi connectivity index (χ3v) is 6.03. The Bertz CT molecular complexity index is 236. The molecule has 0 saturated carbocycles. The van der Waals surface area contributed by atoms with Crippen molar-refractivity contribution < 1.29 is 0 Å². The maximum Gasteiger partial charge on any atom is 0.0113 e. The lowest BCUT2D eigenvalue weighted by Gasteiger charge is -2.38. The molecule has 2 aliphatic heterocycles. The van der Waals surface area contributed by atoms with Crippen LogP contribution in [0.25, 0.3) is 0 Å². The highest BCUT2D eigenvalue weighted by Crippen LogP contribution is 2.20. The van der Waals surface area contributed by atoms with Crippen LogP contribution in [0.3, 0.4) is 0 Å². The molecule has 3 nitrogen and oxygen atoms in total. The summed E-state index contributed by atoms with van der Waals surface area (Å²) < 4.78 is 0. The molecule has 2 rings (SSSR count). The van der Waals surface area contributed by atoms with Gasteiger partial charge in [-0.2, -0.15) is 11.8 Å². The first-order chi connectivity index (χ1) is 9.29. The highest BCUT2D eigenvalue weighted by molar-refractivity contribution is 7.99. The number of hydrogen-bond donors (Lipinski definition) is 1. The monoisotopic (exact) mass is 285 g/mol. The second-order valence-electron chi connectivity index (χ2n) is 5.96. The van der Waals surface area contributed by atoms with Gasteiger partial charge in [0.2, 0.25) is 0 Å². The van der Waals surface area contributed by atoms with Crippen LogP contribution in [0.5, 0.6) is 0 Å². The highest BCUT2D eigenvalue weighted by Gasteiger charge is 2.20. The number of nitrogens with one attached hydrogen (secondary N) is 1. The Hall–Kier alpha value is 0.230. The van der Waals surface area contributed by atoms with Crippen molar-refractivity contribution in [2.45, 2.75) is 44.4 Å². The Morgan fingerprint density at radius 2 is 1.84 bits per heavy atom. The van der Waals surface area contributed by atoms with Crippen molar-refractivity contribution in [2.24, 2.45) is 0 Å². The van der Waals surface area contributed by atoms with Gasteiger partial charge in [0, 0.05) is 49.8 Å². The van der Waals surface area contributed by atoms with Crippen LogP contribution in [0.1, 0.15) is 33.1 Å². The van der Waals surface area contributed by atoms with Gasteiger partial charge in [0.25, 0.3) is 0 Å². The van der Waals surface area contributed by atoms with Crippen LogP contribution in [0.15, 0.2) is 0 Å². The molecule has 0 aromatic rings. The molecule has 2 saturated heterocycles. The minimum atomic E-state index is 0.770. The average Bonchev–Trinajstić information content (AvgIpc) is 2.48. The molecular weight excluding hydrogens is 254 g/mol. The van der Waals surface area contributed by atoms with Gasteiger partial charge in [-0.05, 0) is 39.3 Å². The van der Waals surface area contributed by atoms with E-state index in [9.17, 15) is 0 Å². The largest absolute Gasteiger partial charge is 0.317 e. The fraction of sp³-hybridized carbons (Fsp3) is 1.00. The Balaban J connectivity index is 1.55. The van der Waals surface area contributed by atoms with Crippen molar-refractivity contribution >= 4 is 11.8 Å². The van der Waals surface area contributed by atoms with Crippen molar-refractivity contribution in [1.82, 2.24) is 15.1 Å². The summed E-state index contributed by atoms with van der Waals surface area (Å²) in [6.45, 7) is 13.5. The Morgan fingerprint density at radius 1 is 1.16 bits per heavy atom. The number of nitrogens with zero attached hydrogens (tertiary/aromatic N) is 2. The van der Waals surface area contributed by atoms with Gasteiger partial charge in [-0.15, -0.1) is 0 Å². The van der Waals surface area contributed by atoms with E-state index in [0.29, 0.717) is 0 Å². The van der Waals surface area contributed by atoms with Crippen LogP contribution in [0.4, 0.5) is 0 Å². The van der Waals surface area contributed by atoms with E-state index in [-0.39, 0.29) is 0 Å². The summed E-state index contributed by atoms with van der Waals surface area (Å²) in [6, 6.07) is 0.770. The van der Waals surface area contributed by atoms with Crippen LogP contribution in [-0.4, -0.2) is 72.7 Å². The summed E-state index contributed by atoms with van der Waals surface area (Å²) in [5.74, 6) is 1.33. The fourth-order valence-corrected chi connectivity index (χ4v) is 4.26. The molecule has 2 aliphatic rings. The summed E-state index contributed by atoms with van der Waals surface area (Å²) in [5.41, 5.74) is 0. The van der Waals surface area contributed by atoms with Gasteiger partial charge in [-0.3, -0.25) is 9.80 Å². The molecule has 2 heterocycles. The molecule has 0 aromatic heterocycles. The molecule has 4 heteroatoms. The van der Waals surface area contributed by atoms with Crippen LogP contribution in [0.2, 0.25) is 0 Å². The summed E-state index contributed by atoms with van der Waals surface area (Å²) in [5, 5.41) is 4.37. The summed E-state index contributed by atoms with van der Waals surface area (Å²) in [4.78, 5) is 5.31. The highest BCUT2D eigenvalue weighted by atomic mass is 32.2. The molecule has 112 valence electrons. The third-order valence-electron chi connectivity index (χ3n) is 4.67. The van der Waals surface area contributed by atoms with E-state index < -0.39 is 0 Å². The number of piperidine rings is 1. The smallest absolute Gasteiger partial charge is 0.0113 e. The van der Waals surface area contributed by atoms with Gasteiger partial charge < -0.3 is 5.32 Å². The number of piperazine rings is 1. The molecule has 0 aliphatic carbocycles. The van der Waals surface area contributed by atoms with E-state index in [2.05, 4.69) is 40.7 Å². The van der Waals surface area contributed by atoms with Gasteiger partial charge in [0.05, 0.1) is 0 Å². The first kappa shape index (κ1) is 15.6. The quantitative estimate of drug-likeness (QED) is 0.803. The van der Waals surface area contributed by atoms with Gasteiger partial charge in [0.1, 0.15) is 0 Å². The molecule has 1 atom stereocenters. The molecule has 1 N–H and O–H groups in total. The van der Waals surface area contributed by atoms with Crippen molar-refractivity contribution in [3.05, 3.63) is 0 Å². The summed E-state index contributed by atoms with van der Waals surface area (Å²) in [6.07, 6.45) is 4.02. The zero-order valence-corrected chi connectivity index (χ0v) is 13.6. The normalized spacial score (nSPS) is 25.6. The van der Waals surface area contributed by atoms with Crippen molar-refractivity contribution in [3.63, 3.8) is 0 Å². The maximum atomic E-state index is 3.45. The van der Waals surface area contributed by atoms with E-state index in [1.54, 1.807) is 0 Å². The summed E-state index contributed by atoms with van der Waals surface area (Å²) in [7, 11) is 0. The molecule has 0 amide bonds. The topological polar surface area (TPSA) is 18.5 Å². The number of hydrogen-bond acceptors (Lipinski definition) is 4. The predicted octanol–water partition coefficient (Wildman–Crippen LogP) is 1.89. The molecule has 0 aromatic carbocycles. The molecule has 1 unspecified atom stereocenters. The van der Waals surface area contributed by atoms with E-state index in [1.807, 2.05) is 0 Å². The summed E-state index contributed by atoms with van der Waals surface area (Å²) >= 11 is 2.21. The second-order valence-corrected chi connectivity index (χ2v) is 7.36. The molecule has 0 spiro atoms. The van der Waals surface area contributed by atoms with Crippen LogP contribution < -0.4 is 5.32 Å². The van der Waals surface area contributed by atoms with Gasteiger partial charge in [0.15, 0.2) is 0 Å². The Labute approximate surface area is 123 Å². The lowest BCUT2D eigenvalue weighted by molar-refractivity contribution is 0.105. The second kappa shape index (κ2) is 8.50. The molecular formula is C15H31N3S. The zero-order chi connectivity index (χ0) is 13.5. The zero-order valence-electron chi connectivity index (χ0n) is 12.7. The number of thioether (sulfide) groups is 1. The Kier molecular flexibility index (Phi) is 6.99. The molecule has 0 bridgehead atoms. The minimum Gasteiger partial charge on any atom is -0.317 e. The standard InChI is InChI=1S/C15H31N3S/c1-3-14(2)18-10-8-17(9-11-18)12-13-19-15-4-6-16-7-5-15/h14-16H,3-13H2,1-2H3. The van der Waals surface area contributed by atoms with Crippen LogP contribution in [-0.2, 0) is 0 Å². The third kappa shape index (κ3) is 5.25. The average molecular weight is 286 g/mol. The first-order valence-corrected chi connectivity index (χ1v) is 9.13. The van der Waals surface area contributed by atoms with E-state index in [1.165, 1.54) is 70.8 Å². The van der Waals surface area contributed by atoms with Crippen molar-refractivity contribution in [2.75, 3.05) is 51.6 Å². The lowest BCUT2D eigenvalue weighted by Crippen LogP contribution is -2.49. The Morgan fingerprint density at radius 3 is 2.47 bits per heavy atom. The van der Waals surface area contributed by atoms with Gasteiger partial charge >= 0.3 is 0 Å². The maximum absolute atomic E-state index is 3.45. The van der Waals surface area contributed by atoms with E-state index in [0.717, 1.165) is 11.3 Å². The van der Waals surface area contributed by atoms with Crippen molar-refractivity contribution in [1.29, 1.82) is 0 Å². The van der Waals surface area contributed by atoms with Crippen LogP contribution in [0, 0.1) is 0 Å². The van der Waals surface area contributed by atoms with Gasteiger partial charge in [-0.25, -0.2) is 0 Å². The number of rotatable bonds is 6. The van der Waals surface area contributed by atoms with Crippen LogP contribution >= 0.6 is 11.8 Å². The molecule has 0 radical (unpaired) electrons. The fourth-order valence-electron chi connectivity index (χ4n) is 3.00. The minimum absolute atomic E-state index is 0.770. The van der Waals surface area contributed by atoms with Crippen molar-refractivity contribution in [3.8, 4) is 0 Å². The van der Waals surface area contributed by atoms with Gasteiger partial charge in [-0.1, -0.05) is 6.92 Å². The molecule has 19 heavy (non-hydrogen) atoms. The first-order valence-electron chi connectivity index (χ1n) is 8.08. The van der Waals surface area contributed by atoms with E-state index >= 15 is 0 Å². The predicted molar refractivity (Wildman–Crippen MR) is 86.1 cm³/mol. The molecule has 2 fully saturated rings. The lowest BCUT2D eigenvalue weighted by atomic mass is 10.2. The van der Waals surface area contributed by atoms with E-state index in [4.69, 9.17) is 0 Å². The SMILES string of the molecule is CCC(C)N1CCN(CCSC2CCNCC2)CC1.